The topological polar surface area (TPSA) is 52.6 Å². The largest absolute Gasteiger partial charge is 0.465 e. The Morgan fingerprint density at radius 3 is 1.10 bits per heavy atom. The fourth-order valence-electron chi connectivity index (χ4n) is 3.81. The maximum Gasteiger partial charge on any atom is 0.323 e. The molecular formula is C26H50O4. The fraction of sp³-hybridized carbons (Fsp3) is 0.923. The van der Waals surface area contributed by atoms with Gasteiger partial charge in [-0.15, -0.1) is 0 Å². The second-order valence-electron chi connectivity index (χ2n) is 8.66. The summed E-state index contributed by atoms with van der Waals surface area (Å²) in [5.74, 6) is -0.807. The average molecular weight is 427 g/mol. The highest BCUT2D eigenvalue weighted by molar-refractivity contribution is 5.99. The van der Waals surface area contributed by atoms with E-state index in [1.165, 1.54) is 70.6 Å². The van der Waals surface area contributed by atoms with Crippen molar-refractivity contribution in [3.8, 4) is 0 Å². The number of ether oxygens (including phenoxy) is 2. The van der Waals surface area contributed by atoms with Gasteiger partial charge in [0.1, 0.15) is 0 Å². The van der Waals surface area contributed by atoms with Gasteiger partial charge in [-0.1, -0.05) is 111 Å². The van der Waals surface area contributed by atoms with E-state index in [0.29, 0.717) is 26.1 Å². The molecular weight excluding hydrogens is 376 g/mol. The molecule has 0 aromatic rings. The van der Waals surface area contributed by atoms with E-state index < -0.39 is 17.4 Å². The average Bonchev–Trinajstić information content (AvgIpc) is 2.75. The van der Waals surface area contributed by atoms with Gasteiger partial charge in [0, 0.05) is 0 Å². The number of hydrogen-bond donors (Lipinski definition) is 0. The second-order valence-corrected chi connectivity index (χ2v) is 8.66. The molecule has 0 aliphatic carbocycles. The molecule has 0 aliphatic heterocycles. The van der Waals surface area contributed by atoms with E-state index in [0.717, 1.165) is 25.7 Å². The Kier molecular flexibility index (Phi) is 19.2. The Morgan fingerprint density at radius 1 is 0.500 bits per heavy atom. The summed E-state index contributed by atoms with van der Waals surface area (Å²) < 4.78 is 11.0. The molecule has 0 aromatic carbocycles. The Morgan fingerprint density at radius 2 is 0.800 bits per heavy atom. The number of unbranched alkanes of at least 4 members (excludes halogenated alkanes) is 13. The molecule has 0 bridgehead atoms. The maximum atomic E-state index is 12.7. The summed E-state index contributed by atoms with van der Waals surface area (Å²) in [7, 11) is 0. The van der Waals surface area contributed by atoms with E-state index in [-0.39, 0.29) is 0 Å². The molecule has 0 rings (SSSR count). The second kappa shape index (κ2) is 19.9. The molecule has 0 atom stereocenters. The summed E-state index contributed by atoms with van der Waals surface area (Å²) in [4.78, 5) is 25.4. The molecule has 4 heteroatoms. The number of esters is 2. The van der Waals surface area contributed by atoms with Crippen molar-refractivity contribution in [3.05, 3.63) is 0 Å². The first-order valence-corrected chi connectivity index (χ1v) is 12.9. The van der Waals surface area contributed by atoms with Gasteiger partial charge in [0.15, 0.2) is 5.41 Å². The zero-order valence-corrected chi connectivity index (χ0v) is 20.6. The van der Waals surface area contributed by atoms with Crippen molar-refractivity contribution in [1.29, 1.82) is 0 Å². The monoisotopic (exact) mass is 426 g/mol. The van der Waals surface area contributed by atoms with Crippen LogP contribution in [0.25, 0.3) is 0 Å². The van der Waals surface area contributed by atoms with E-state index in [1.54, 1.807) is 0 Å². The van der Waals surface area contributed by atoms with E-state index in [9.17, 15) is 9.59 Å². The van der Waals surface area contributed by atoms with Crippen LogP contribution < -0.4 is 0 Å². The predicted molar refractivity (Wildman–Crippen MR) is 126 cm³/mol. The van der Waals surface area contributed by atoms with E-state index >= 15 is 0 Å². The first-order valence-electron chi connectivity index (χ1n) is 12.9. The molecule has 4 nitrogen and oxygen atoms in total. The van der Waals surface area contributed by atoms with E-state index in [1.807, 2.05) is 13.8 Å². The molecule has 0 saturated carbocycles. The molecule has 0 N–H and O–H groups in total. The minimum Gasteiger partial charge on any atom is -0.465 e. The summed E-state index contributed by atoms with van der Waals surface area (Å²) in [6.45, 7) is 8.98. The lowest BCUT2D eigenvalue weighted by molar-refractivity contribution is -0.173. The molecule has 30 heavy (non-hydrogen) atoms. The molecule has 0 unspecified atom stereocenters. The standard InChI is InChI=1S/C26H50O4/c1-5-9-11-13-15-16-17-19-21-23-30-25(28)26(7-3,8-4)24(27)29-22-20-18-14-12-10-6-2/h5-23H2,1-4H3. The Bertz CT molecular complexity index is 415. The summed E-state index contributed by atoms with van der Waals surface area (Å²) in [5, 5.41) is 0. The van der Waals surface area contributed by atoms with Crippen LogP contribution in [0.5, 0.6) is 0 Å². The minimum atomic E-state index is -1.14. The Labute approximate surface area is 186 Å². The molecule has 0 amide bonds. The minimum absolute atomic E-state index is 0.401. The van der Waals surface area contributed by atoms with Crippen LogP contribution in [0.3, 0.4) is 0 Å². The molecule has 0 aromatic heterocycles. The molecule has 0 saturated heterocycles. The summed E-state index contributed by atoms with van der Waals surface area (Å²) >= 11 is 0. The van der Waals surface area contributed by atoms with Gasteiger partial charge in [0.05, 0.1) is 13.2 Å². The van der Waals surface area contributed by atoms with E-state index in [4.69, 9.17) is 9.47 Å². The highest BCUT2D eigenvalue weighted by atomic mass is 16.6. The summed E-state index contributed by atoms with van der Waals surface area (Å²) in [5.41, 5.74) is -1.14. The van der Waals surface area contributed by atoms with Crippen molar-refractivity contribution >= 4 is 11.9 Å². The van der Waals surface area contributed by atoms with Gasteiger partial charge in [-0.3, -0.25) is 9.59 Å². The lowest BCUT2D eigenvalue weighted by atomic mass is 9.82. The van der Waals surface area contributed by atoms with E-state index in [2.05, 4.69) is 13.8 Å². The SMILES string of the molecule is CCCCCCCCCCCOC(=O)C(CC)(CC)C(=O)OCCCCCCCC. The highest BCUT2D eigenvalue weighted by Gasteiger charge is 2.45. The first kappa shape index (κ1) is 28.9. The third kappa shape index (κ3) is 12.6. The number of carbonyl (C=O) groups is 2. The van der Waals surface area contributed by atoms with Crippen LogP contribution in [0.1, 0.15) is 137 Å². The normalized spacial score (nSPS) is 11.5. The number of carbonyl (C=O) groups excluding carboxylic acids is 2. The van der Waals surface area contributed by atoms with Gasteiger partial charge in [-0.25, -0.2) is 0 Å². The third-order valence-corrected chi connectivity index (χ3v) is 6.20. The summed E-state index contributed by atoms with van der Waals surface area (Å²) in [6, 6.07) is 0. The van der Waals surface area contributed by atoms with Crippen molar-refractivity contribution < 1.29 is 19.1 Å². The third-order valence-electron chi connectivity index (χ3n) is 6.20. The smallest absolute Gasteiger partial charge is 0.323 e. The van der Waals surface area contributed by atoms with Crippen molar-refractivity contribution in [1.82, 2.24) is 0 Å². The molecule has 0 radical (unpaired) electrons. The fourth-order valence-corrected chi connectivity index (χ4v) is 3.81. The predicted octanol–water partition coefficient (Wildman–Crippen LogP) is 7.77. The van der Waals surface area contributed by atoms with Crippen LogP contribution in [0.2, 0.25) is 0 Å². The van der Waals surface area contributed by atoms with Gasteiger partial charge in [-0.2, -0.15) is 0 Å². The van der Waals surface area contributed by atoms with Crippen LogP contribution >= 0.6 is 0 Å². The Balaban J connectivity index is 4.08. The van der Waals surface area contributed by atoms with Gasteiger partial charge in [0.25, 0.3) is 0 Å². The Hall–Kier alpha value is -1.06. The lowest BCUT2D eigenvalue weighted by Crippen LogP contribution is -2.41. The maximum absolute atomic E-state index is 12.7. The first-order chi connectivity index (χ1) is 14.6. The highest BCUT2D eigenvalue weighted by Crippen LogP contribution is 2.30. The van der Waals surface area contributed by atoms with Crippen molar-refractivity contribution in [2.24, 2.45) is 5.41 Å². The van der Waals surface area contributed by atoms with Gasteiger partial charge < -0.3 is 9.47 Å². The van der Waals surface area contributed by atoms with Gasteiger partial charge >= 0.3 is 11.9 Å². The van der Waals surface area contributed by atoms with Crippen molar-refractivity contribution in [2.45, 2.75) is 137 Å². The molecule has 0 heterocycles. The van der Waals surface area contributed by atoms with Crippen LogP contribution in [0.15, 0.2) is 0 Å². The van der Waals surface area contributed by atoms with Gasteiger partial charge in [0.2, 0.25) is 0 Å². The lowest BCUT2D eigenvalue weighted by Gasteiger charge is -2.27. The molecule has 0 fully saturated rings. The zero-order valence-electron chi connectivity index (χ0n) is 20.6. The van der Waals surface area contributed by atoms with Crippen LogP contribution in [-0.2, 0) is 19.1 Å². The van der Waals surface area contributed by atoms with Gasteiger partial charge in [-0.05, 0) is 25.7 Å². The summed E-state index contributed by atoms with van der Waals surface area (Å²) in [6.07, 6.45) is 18.7. The van der Waals surface area contributed by atoms with Crippen LogP contribution in [0, 0.1) is 5.41 Å². The number of hydrogen-bond acceptors (Lipinski definition) is 4. The quantitative estimate of drug-likeness (QED) is 0.107. The number of rotatable bonds is 21. The van der Waals surface area contributed by atoms with Crippen LogP contribution in [0.4, 0.5) is 0 Å². The van der Waals surface area contributed by atoms with Crippen molar-refractivity contribution in [3.63, 3.8) is 0 Å². The van der Waals surface area contributed by atoms with Crippen molar-refractivity contribution in [2.75, 3.05) is 13.2 Å². The molecule has 0 aliphatic rings. The van der Waals surface area contributed by atoms with Crippen LogP contribution in [-0.4, -0.2) is 25.2 Å². The molecule has 178 valence electrons. The molecule has 0 spiro atoms. The zero-order chi connectivity index (χ0) is 22.5.